The van der Waals surface area contributed by atoms with Gasteiger partial charge in [0.15, 0.2) is 0 Å². The van der Waals surface area contributed by atoms with Gasteiger partial charge in [0.05, 0.1) is 0 Å². The van der Waals surface area contributed by atoms with E-state index in [1.807, 2.05) is 18.7 Å². The predicted molar refractivity (Wildman–Crippen MR) is 103 cm³/mol. The van der Waals surface area contributed by atoms with Crippen LogP contribution in [-0.2, 0) is 17.6 Å². The minimum atomic E-state index is -0.762. The molecule has 2 amide bonds. The summed E-state index contributed by atoms with van der Waals surface area (Å²) in [7, 11) is 0. The van der Waals surface area contributed by atoms with E-state index < -0.39 is 5.54 Å². The van der Waals surface area contributed by atoms with Crippen LogP contribution in [0.5, 0.6) is 0 Å². The monoisotopic (exact) mass is 371 g/mol. The fourth-order valence-corrected chi connectivity index (χ4v) is 5.15. The van der Waals surface area contributed by atoms with Crippen LogP contribution in [0.4, 0.5) is 0 Å². The van der Waals surface area contributed by atoms with Gasteiger partial charge in [0.1, 0.15) is 11.1 Å². The Kier molecular flexibility index (Phi) is 4.60. The number of aryl methyl sites for hydroxylation is 2. The molecule has 6 nitrogen and oxygen atoms in total. The Morgan fingerprint density at radius 1 is 1.07 bits per heavy atom. The van der Waals surface area contributed by atoms with E-state index in [1.54, 1.807) is 11.0 Å². The van der Waals surface area contributed by atoms with Gasteiger partial charge < -0.3 is 14.8 Å². The van der Waals surface area contributed by atoms with E-state index in [0.717, 1.165) is 56.3 Å². The molecular formula is C21H29N3O3. The topological polar surface area (TPSA) is 73.5 Å². The fourth-order valence-electron chi connectivity index (χ4n) is 5.15. The van der Waals surface area contributed by atoms with E-state index in [-0.39, 0.29) is 29.0 Å². The Hall–Kier alpha value is -2.11. The maximum atomic E-state index is 13.4. The minimum absolute atomic E-state index is 0.0592. The summed E-state index contributed by atoms with van der Waals surface area (Å²) < 4.78 is 0. The molecule has 0 saturated carbocycles. The number of H-pyrrole nitrogens is 1. The Balaban J connectivity index is 1.69. The van der Waals surface area contributed by atoms with Crippen molar-refractivity contribution in [2.75, 3.05) is 13.1 Å². The number of nitrogens with one attached hydrogen (secondary N) is 1. The number of hydrogen-bond acceptors (Lipinski definition) is 3. The van der Waals surface area contributed by atoms with Crippen molar-refractivity contribution in [3.63, 3.8) is 0 Å². The van der Waals surface area contributed by atoms with Gasteiger partial charge in [-0.25, -0.2) is 0 Å². The van der Waals surface area contributed by atoms with E-state index in [0.29, 0.717) is 19.4 Å². The first-order valence-corrected chi connectivity index (χ1v) is 10.3. The van der Waals surface area contributed by atoms with Gasteiger partial charge in [0.25, 0.3) is 11.5 Å². The quantitative estimate of drug-likeness (QED) is 0.867. The highest BCUT2D eigenvalue weighted by Crippen LogP contribution is 2.39. The molecule has 0 bridgehead atoms. The van der Waals surface area contributed by atoms with Crippen molar-refractivity contribution in [3.05, 3.63) is 33.2 Å². The van der Waals surface area contributed by atoms with Gasteiger partial charge in [-0.2, -0.15) is 0 Å². The molecule has 146 valence electrons. The van der Waals surface area contributed by atoms with E-state index in [2.05, 4.69) is 4.98 Å². The van der Waals surface area contributed by atoms with Crippen molar-refractivity contribution in [3.8, 4) is 0 Å². The van der Waals surface area contributed by atoms with Crippen LogP contribution in [0.1, 0.15) is 74.0 Å². The number of likely N-dealkylation sites (tertiary alicyclic amines) is 2. The first kappa shape index (κ1) is 18.3. The molecule has 1 atom stereocenters. The molecule has 2 fully saturated rings. The van der Waals surface area contributed by atoms with Gasteiger partial charge >= 0.3 is 0 Å². The SMILES string of the molecule is CC(C)N1CCCC2(CCCN2C(=O)c2cc3c([nH]c2=O)CCCC3)C1=O. The minimum Gasteiger partial charge on any atom is -0.338 e. The largest absolute Gasteiger partial charge is 0.338 e. The molecule has 3 aliphatic rings. The lowest BCUT2D eigenvalue weighted by Crippen LogP contribution is -2.62. The van der Waals surface area contributed by atoms with E-state index in [1.165, 1.54) is 0 Å². The van der Waals surface area contributed by atoms with Crippen molar-refractivity contribution in [2.45, 2.75) is 76.8 Å². The Bertz CT molecular complexity index is 828. The standard InChI is InChI=1S/C21H29N3O3/c1-14(2)23-11-5-9-21(20(23)27)10-6-12-24(21)19(26)16-13-15-7-3-4-8-17(15)22-18(16)25/h13-14H,3-12H2,1-2H3,(H,22,25). The van der Waals surface area contributed by atoms with Crippen LogP contribution < -0.4 is 5.56 Å². The molecule has 1 unspecified atom stereocenters. The third-order valence-corrected chi connectivity index (χ3v) is 6.57. The lowest BCUT2D eigenvalue weighted by Gasteiger charge is -2.46. The van der Waals surface area contributed by atoms with E-state index in [9.17, 15) is 14.4 Å². The number of carbonyl (C=O) groups excluding carboxylic acids is 2. The molecule has 2 aliphatic heterocycles. The molecular weight excluding hydrogens is 342 g/mol. The first-order valence-electron chi connectivity index (χ1n) is 10.3. The highest BCUT2D eigenvalue weighted by Gasteiger charge is 2.53. The highest BCUT2D eigenvalue weighted by atomic mass is 16.2. The summed E-state index contributed by atoms with van der Waals surface area (Å²) in [6.45, 7) is 5.34. The number of piperidine rings is 1. The van der Waals surface area contributed by atoms with Crippen LogP contribution in [0.3, 0.4) is 0 Å². The Morgan fingerprint density at radius 3 is 2.52 bits per heavy atom. The number of rotatable bonds is 2. The van der Waals surface area contributed by atoms with E-state index >= 15 is 0 Å². The molecule has 0 radical (unpaired) electrons. The predicted octanol–water partition coefficient (Wildman–Crippen LogP) is 2.26. The molecule has 3 heterocycles. The number of aromatic nitrogens is 1. The average molecular weight is 371 g/mol. The van der Waals surface area contributed by atoms with Gasteiger partial charge in [-0.05, 0) is 76.8 Å². The molecule has 4 rings (SSSR count). The maximum Gasteiger partial charge on any atom is 0.261 e. The molecule has 1 spiro atoms. The smallest absolute Gasteiger partial charge is 0.261 e. The summed E-state index contributed by atoms with van der Waals surface area (Å²) in [5.74, 6) is -0.218. The number of carbonyl (C=O) groups is 2. The first-order chi connectivity index (χ1) is 12.9. The summed E-state index contributed by atoms with van der Waals surface area (Å²) in [6, 6.07) is 1.91. The van der Waals surface area contributed by atoms with Gasteiger partial charge in [-0.3, -0.25) is 14.4 Å². The lowest BCUT2D eigenvalue weighted by molar-refractivity contribution is -0.147. The van der Waals surface area contributed by atoms with Crippen molar-refractivity contribution in [2.24, 2.45) is 0 Å². The zero-order valence-corrected chi connectivity index (χ0v) is 16.3. The maximum absolute atomic E-state index is 13.4. The number of nitrogens with zero attached hydrogens (tertiary/aromatic N) is 2. The summed E-state index contributed by atoms with van der Waals surface area (Å²) in [6.07, 6.45) is 7.03. The van der Waals surface area contributed by atoms with Crippen molar-refractivity contribution in [1.82, 2.24) is 14.8 Å². The third kappa shape index (κ3) is 2.89. The molecule has 1 aromatic rings. The molecule has 6 heteroatoms. The zero-order valence-electron chi connectivity index (χ0n) is 16.3. The van der Waals surface area contributed by atoms with Crippen molar-refractivity contribution < 1.29 is 9.59 Å². The molecule has 1 N–H and O–H groups in total. The number of hydrogen-bond donors (Lipinski definition) is 1. The molecule has 2 saturated heterocycles. The van der Waals surface area contributed by atoms with Crippen LogP contribution in [0.25, 0.3) is 0 Å². The summed E-state index contributed by atoms with van der Waals surface area (Å²) in [4.78, 5) is 45.8. The summed E-state index contributed by atoms with van der Waals surface area (Å²) in [5.41, 5.74) is 1.18. The normalized spacial score (nSPS) is 25.4. The molecule has 27 heavy (non-hydrogen) atoms. The Labute approximate surface area is 159 Å². The number of amides is 2. The third-order valence-electron chi connectivity index (χ3n) is 6.57. The second kappa shape index (κ2) is 6.80. The molecule has 0 aromatic carbocycles. The number of pyridine rings is 1. The van der Waals surface area contributed by atoms with Gasteiger partial charge in [0.2, 0.25) is 5.91 Å². The molecule has 1 aromatic heterocycles. The highest BCUT2D eigenvalue weighted by molar-refractivity contribution is 6.00. The fraction of sp³-hybridized carbons (Fsp3) is 0.667. The number of aromatic amines is 1. The van der Waals surface area contributed by atoms with E-state index in [4.69, 9.17) is 0 Å². The van der Waals surface area contributed by atoms with Crippen molar-refractivity contribution >= 4 is 11.8 Å². The van der Waals surface area contributed by atoms with Crippen molar-refractivity contribution in [1.29, 1.82) is 0 Å². The molecule has 1 aliphatic carbocycles. The van der Waals surface area contributed by atoms with Crippen LogP contribution in [-0.4, -0.2) is 51.3 Å². The van der Waals surface area contributed by atoms with Crippen LogP contribution in [0.15, 0.2) is 10.9 Å². The second-order valence-electron chi connectivity index (χ2n) is 8.51. The van der Waals surface area contributed by atoms with Gasteiger partial charge in [0, 0.05) is 24.8 Å². The van der Waals surface area contributed by atoms with Gasteiger partial charge in [-0.1, -0.05) is 0 Å². The zero-order chi connectivity index (χ0) is 19.2. The average Bonchev–Trinajstić information content (AvgIpc) is 3.07. The summed E-state index contributed by atoms with van der Waals surface area (Å²) in [5, 5.41) is 0. The Morgan fingerprint density at radius 2 is 1.78 bits per heavy atom. The number of fused-ring (bicyclic) bond motifs is 1. The van der Waals surface area contributed by atoms with Crippen LogP contribution in [0.2, 0.25) is 0 Å². The lowest BCUT2D eigenvalue weighted by atomic mass is 9.84. The van der Waals surface area contributed by atoms with Gasteiger partial charge in [-0.15, -0.1) is 0 Å². The summed E-state index contributed by atoms with van der Waals surface area (Å²) >= 11 is 0. The van der Waals surface area contributed by atoms with Crippen LogP contribution >= 0.6 is 0 Å². The van der Waals surface area contributed by atoms with Crippen LogP contribution in [0, 0.1) is 0 Å². The second-order valence-corrected chi connectivity index (χ2v) is 8.51.